The molecule has 0 aliphatic carbocycles. The highest BCUT2D eigenvalue weighted by atomic mass is 32.1. The fourth-order valence-corrected chi connectivity index (χ4v) is 4.41. The predicted octanol–water partition coefficient (Wildman–Crippen LogP) is 4.85. The summed E-state index contributed by atoms with van der Waals surface area (Å²) < 4.78 is 2.83. The average Bonchev–Trinajstić information content (AvgIpc) is 3.33. The van der Waals surface area contributed by atoms with Gasteiger partial charge in [0.1, 0.15) is 0 Å². The van der Waals surface area contributed by atoms with Gasteiger partial charge in [0.2, 0.25) is 0 Å². The number of hydrogen-bond donors (Lipinski definition) is 1. The standard InChI is InChI=1S/C23H17N5O3S/c1-14-9-18(15(2)27(14)19-5-3-16(12-24)4-6-19)13-25-26-23(29)22-11-17-10-20(28(30)31)7-8-21(17)32-22/h3-11,13H,1-2H3,(H,26,29)/b25-13-. The molecule has 0 atom stereocenters. The number of carbonyl (C=O) groups excluding carboxylic acids is 1. The highest BCUT2D eigenvalue weighted by Crippen LogP contribution is 2.29. The molecule has 0 fully saturated rings. The van der Waals surface area contributed by atoms with E-state index in [2.05, 4.69) is 16.6 Å². The summed E-state index contributed by atoms with van der Waals surface area (Å²) in [4.78, 5) is 23.4. The molecule has 4 aromatic rings. The smallest absolute Gasteiger partial charge is 0.281 e. The predicted molar refractivity (Wildman–Crippen MR) is 123 cm³/mol. The zero-order valence-corrected chi connectivity index (χ0v) is 18.0. The van der Waals surface area contributed by atoms with E-state index in [1.54, 1.807) is 30.5 Å². The van der Waals surface area contributed by atoms with E-state index in [0.29, 0.717) is 15.8 Å². The molecule has 0 aliphatic heterocycles. The Hall–Kier alpha value is -4.29. The molecule has 32 heavy (non-hydrogen) atoms. The van der Waals surface area contributed by atoms with E-state index in [4.69, 9.17) is 5.26 Å². The number of carbonyl (C=O) groups is 1. The summed E-state index contributed by atoms with van der Waals surface area (Å²) in [5.74, 6) is -0.383. The summed E-state index contributed by atoms with van der Waals surface area (Å²) >= 11 is 1.25. The number of amides is 1. The molecule has 2 aromatic heterocycles. The second kappa shape index (κ2) is 8.45. The van der Waals surface area contributed by atoms with Crippen LogP contribution in [0, 0.1) is 35.3 Å². The molecule has 158 valence electrons. The number of non-ortho nitro benzene ring substituents is 1. The molecule has 0 saturated heterocycles. The van der Waals surface area contributed by atoms with Gasteiger partial charge in [-0.3, -0.25) is 14.9 Å². The van der Waals surface area contributed by atoms with Crippen molar-refractivity contribution in [3.8, 4) is 11.8 Å². The Morgan fingerprint density at radius 3 is 2.62 bits per heavy atom. The van der Waals surface area contributed by atoms with Crippen molar-refractivity contribution < 1.29 is 9.72 Å². The lowest BCUT2D eigenvalue weighted by Crippen LogP contribution is -2.16. The Kier molecular flexibility index (Phi) is 5.54. The first-order valence-electron chi connectivity index (χ1n) is 9.58. The number of aryl methyl sites for hydroxylation is 1. The molecule has 0 unspecified atom stereocenters. The van der Waals surface area contributed by atoms with Crippen LogP contribution in [0.4, 0.5) is 5.69 Å². The van der Waals surface area contributed by atoms with Gasteiger partial charge in [-0.25, -0.2) is 5.43 Å². The van der Waals surface area contributed by atoms with E-state index in [1.807, 2.05) is 36.6 Å². The highest BCUT2D eigenvalue weighted by molar-refractivity contribution is 7.20. The molecule has 2 heterocycles. The van der Waals surface area contributed by atoms with Crippen molar-refractivity contribution in [2.75, 3.05) is 0 Å². The molecule has 0 aliphatic rings. The molecular weight excluding hydrogens is 426 g/mol. The van der Waals surface area contributed by atoms with Crippen molar-refractivity contribution in [3.05, 3.63) is 92.1 Å². The Balaban J connectivity index is 1.51. The molecule has 0 spiro atoms. The van der Waals surface area contributed by atoms with Crippen LogP contribution < -0.4 is 5.43 Å². The minimum atomic E-state index is -0.463. The summed E-state index contributed by atoms with van der Waals surface area (Å²) in [6.45, 7) is 3.92. The molecule has 8 nitrogen and oxygen atoms in total. The minimum Gasteiger partial charge on any atom is -0.318 e. The number of thiophene rings is 1. The summed E-state index contributed by atoms with van der Waals surface area (Å²) in [5, 5.41) is 24.6. The molecule has 1 amide bonds. The lowest BCUT2D eigenvalue weighted by molar-refractivity contribution is -0.384. The van der Waals surface area contributed by atoms with Gasteiger partial charge in [0, 0.05) is 44.9 Å². The number of benzene rings is 2. The molecule has 2 aromatic carbocycles. The maximum absolute atomic E-state index is 12.5. The van der Waals surface area contributed by atoms with E-state index in [1.165, 1.54) is 23.5 Å². The number of aromatic nitrogens is 1. The van der Waals surface area contributed by atoms with E-state index in [9.17, 15) is 14.9 Å². The number of fused-ring (bicyclic) bond motifs is 1. The summed E-state index contributed by atoms with van der Waals surface area (Å²) in [5.41, 5.74) is 6.81. The zero-order chi connectivity index (χ0) is 22.8. The van der Waals surface area contributed by atoms with E-state index < -0.39 is 4.92 Å². The van der Waals surface area contributed by atoms with Gasteiger partial charge < -0.3 is 4.57 Å². The normalized spacial score (nSPS) is 11.0. The van der Waals surface area contributed by atoms with Crippen molar-refractivity contribution in [3.63, 3.8) is 0 Å². The van der Waals surface area contributed by atoms with Crippen molar-refractivity contribution in [1.82, 2.24) is 9.99 Å². The first kappa shape index (κ1) is 21.0. The van der Waals surface area contributed by atoms with Crippen molar-refractivity contribution >= 4 is 39.2 Å². The van der Waals surface area contributed by atoms with Gasteiger partial charge in [0.05, 0.1) is 27.6 Å². The van der Waals surface area contributed by atoms with Gasteiger partial charge in [0.25, 0.3) is 11.6 Å². The Morgan fingerprint density at radius 2 is 1.94 bits per heavy atom. The highest BCUT2D eigenvalue weighted by Gasteiger charge is 2.13. The fraction of sp³-hybridized carbons (Fsp3) is 0.0870. The third-order valence-electron chi connectivity index (χ3n) is 5.03. The van der Waals surface area contributed by atoms with Crippen molar-refractivity contribution in [1.29, 1.82) is 5.26 Å². The van der Waals surface area contributed by atoms with Crippen LogP contribution in [-0.4, -0.2) is 21.6 Å². The Bertz CT molecular complexity index is 1420. The van der Waals surface area contributed by atoms with Crippen molar-refractivity contribution in [2.45, 2.75) is 13.8 Å². The first-order chi connectivity index (χ1) is 15.4. The largest absolute Gasteiger partial charge is 0.318 e. The van der Waals surface area contributed by atoms with Crippen LogP contribution in [0.3, 0.4) is 0 Å². The van der Waals surface area contributed by atoms with Crippen LogP contribution in [0.5, 0.6) is 0 Å². The molecule has 0 radical (unpaired) electrons. The van der Waals surface area contributed by atoms with Crippen LogP contribution in [0.2, 0.25) is 0 Å². The number of hydrogen-bond acceptors (Lipinski definition) is 6. The number of nitrogens with zero attached hydrogens (tertiary/aromatic N) is 4. The maximum Gasteiger partial charge on any atom is 0.281 e. The Labute approximate surface area is 187 Å². The van der Waals surface area contributed by atoms with E-state index in [0.717, 1.165) is 27.3 Å². The molecule has 0 saturated carbocycles. The lowest BCUT2D eigenvalue weighted by Gasteiger charge is -2.09. The van der Waals surface area contributed by atoms with Crippen LogP contribution in [0.15, 0.2) is 59.7 Å². The topological polar surface area (TPSA) is 113 Å². The number of nitriles is 1. The van der Waals surface area contributed by atoms with Gasteiger partial charge >= 0.3 is 0 Å². The molecule has 1 N–H and O–H groups in total. The van der Waals surface area contributed by atoms with E-state index in [-0.39, 0.29) is 11.6 Å². The van der Waals surface area contributed by atoms with Crippen LogP contribution >= 0.6 is 11.3 Å². The quantitative estimate of drug-likeness (QED) is 0.270. The SMILES string of the molecule is Cc1cc(/C=N\NC(=O)c2cc3cc([N+](=O)[O-])ccc3s2)c(C)n1-c1ccc(C#N)cc1. The summed E-state index contributed by atoms with van der Waals surface area (Å²) in [6, 6.07) is 17.5. The molecule has 9 heteroatoms. The number of rotatable bonds is 5. The van der Waals surface area contributed by atoms with Gasteiger partial charge in [0.15, 0.2) is 0 Å². The minimum absolute atomic E-state index is 0.0158. The number of nitro benzene ring substituents is 1. The molecule has 0 bridgehead atoms. The summed E-state index contributed by atoms with van der Waals surface area (Å²) in [6.07, 6.45) is 1.58. The Morgan fingerprint density at radius 1 is 1.19 bits per heavy atom. The molecular formula is C23H17N5O3S. The number of hydrazone groups is 1. The maximum atomic E-state index is 12.5. The van der Waals surface area contributed by atoms with Gasteiger partial charge in [-0.05, 0) is 56.3 Å². The molecule has 4 rings (SSSR count). The van der Waals surface area contributed by atoms with Crippen LogP contribution in [0.1, 0.15) is 32.2 Å². The van der Waals surface area contributed by atoms with Gasteiger partial charge in [-0.15, -0.1) is 11.3 Å². The number of nitrogens with one attached hydrogen (secondary N) is 1. The number of nitro groups is 1. The average molecular weight is 443 g/mol. The van der Waals surface area contributed by atoms with Gasteiger partial charge in [-0.2, -0.15) is 10.4 Å². The summed E-state index contributed by atoms with van der Waals surface area (Å²) in [7, 11) is 0. The second-order valence-corrected chi connectivity index (χ2v) is 8.19. The third kappa shape index (κ3) is 3.99. The monoisotopic (exact) mass is 443 g/mol. The first-order valence-corrected chi connectivity index (χ1v) is 10.4. The lowest BCUT2D eigenvalue weighted by atomic mass is 10.2. The van der Waals surface area contributed by atoms with E-state index >= 15 is 0 Å². The fourth-order valence-electron chi connectivity index (χ4n) is 3.47. The third-order valence-corrected chi connectivity index (χ3v) is 6.14. The zero-order valence-electron chi connectivity index (χ0n) is 17.2. The second-order valence-electron chi connectivity index (χ2n) is 7.11. The van der Waals surface area contributed by atoms with Gasteiger partial charge in [-0.1, -0.05) is 0 Å². The van der Waals surface area contributed by atoms with Crippen LogP contribution in [0.25, 0.3) is 15.8 Å². The van der Waals surface area contributed by atoms with Crippen LogP contribution in [-0.2, 0) is 0 Å². The van der Waals surface area contributed by atoms with Crippen molar-refractivity contribution in [2.24, 2.45) is 5.10 Å².